The normalized spacial score (nSPS) is 12.8. The number of carbonyl (C=O) groups is 1. The van der Waals surface area contributed by atoms with Crippen LogP contribution in [0.5, 0.6) is 5.75 Å². The maximum atomic E-state index is 12.3. The highest BCUT2D eigenvalue weighted by atomic mass is 32.2. The highest BCUT2D eigenvalue weighted by molar-refractivity contribution is 8.13. The lowest BCUT2D eigenvalue weighted by Crippen LogP contribution is -2.17. The van der Waals surface area contributed by atoms with E-state index in [4.69, 9.17) is 9.57 Å². The van der Waals surface area contributed by atoms with Crippen molar-refractivity contribution in [1.82, 2.24) is 0 Å². The fourth-order valence-electron chi connectivity index (χ4n) is 2.62. The van der Waals surface area contributed by atoms with Crippen molar-refractivity contribution >= 4 is 28.3 Å². The molecule has 0 amide bonds. The molecule has 0 unspecified atom stereocenters. The molecule has 2 rings (SSSR count). The Bertz CT molecular complexity index is 972. The van der Waals surface area contributed by atoms with Crippen LogP contribution in [0.4, 0.5) is 13.2 Å². The summed E-state index contributed by atoms with van der Waals surface area (Å²) < 4.78 is 45.8. The number of alkyl halides is 3. The molecule has 0 spiro atoms. The van der Waals surface area contributed by atoms with E-state index in [9.17, 15) is 23.1 Å². The maximum Gasteiger partial charge on any atom is 0.573 e. The van der Waals surface area contributed by atoms with Crippen LogP contribution in [0.2, 0.25) is 0 Å². The molecule has 0 fully saturated rings. The van der Waals surface area contributed by atoms with Gasteiger partial charge in [0.1, 0.15) is 28.7 Å². The number of hydrogen-bond acceptors (Lipinski definition) is 6. The number of halogens is 3. The number of hydrogen-bond donors (Lipinski definition) is 1. The van der Waals surface area contributed by atoms with Crippen LogP contribution in [0.1, 0.15) is 23.6 Å². The van der Waals surface area contributed by atoms with Crippen LogP contribution in [0.25, 0.3) is 5.57 Å². The van der Waals surface area contributed by atoms with Crippen LogP contribution in [-0.2, 0) is 21.0 Å². The average molecular weight is 455 g/mol. The number of carboxylic acids is 1. The molecule has 0 atom stereocenters. The van der Waals surface area contributed by atoms with E-state index < -0.39 is 12.3 Å². The molecule has 2 aromatic carbocycles. The number of methoxy groups -OCH3 is 1. The van der Waals surface area contributed by atoms with Gasteiger partial charge in [-0.3, -0.25) is 0 Å². The Morgan fingerprint density at radius 2 is 1.77 bits per heavy atom. The zero-order chi connectivity index (χ0) is 23.0. The molecule has 0 aliphatic rings. The highest BCUT2D eigenvalue weighted by Crippen LogP contribution is 2.26. The number of oxime groups is 1. The molecular weight excluding hydrogens is 435 g/mol. The largest absolute Gasteiger partial charge is 0.573 e. The maximum absolute atomic E-state index is 12.3. The molecule has 0 aliphatic carbocycles. The van der Waals surface area contributed by atoms with Gasteiger partial charge >= 0.3 is 12.3 Å². The SMILES string of the molecule is CO/C(C)=C(/C(=O)O)c1ccccc1CO/N=C(\SC)c1ccc(OC(F)(F)F)cc1. The first-order chi connectivity index (χ1) is 14.7. The van der Waals surface area contributed by atoms with E-state index in [2.05, 4.69) is 9.89 Å². The molecule has 6 nitrogen and oxygen atoms in total. The Kier molecular flexibility index (Phi) is 8.38. The van der Waals surface area contributed by atoms with Crippen LogP contribution in [0.15, 0.2) is 59.4 Å². The zero-order valence-corrected chi connectivity index (χ0v) is 17.7. The van der Waals surface area contributed by atoms with Gasteiger partial charge in [-0.05, 0) is 43.0 Å². The minimum absolute atomic E-state index is 0.0102. The summed E-state index contributed by atoms with van der Waals surface area (Å²) in [6.45, 7) is 1.53. The summed E-state index contributed by atoms with van der Waals surface area (Å²) >= 11 is 1.24. The van der Waals surface area contributed by atoms with E-state index in [1.807, 2.05) is 0 Å². The van der Waals surface area contributed by atoms with Gasteiger partial charge in [-0.2, -0.15) is 0 Å². The smallest absolute Gasteiger partial charge is 0.500 e. The first kappa shape index (κ1) is 24.1. The number of thioether (sulfide) groups is 1. The molecule has 0 heterocycles. The van der Waals surface area contributed by atoms with Crippen molar-refractivity contribution in [2.24, 2.45) is 5.16 Å². The van der Waals surface area contributed by atoms with Crippen molar-refractivity contribution in [1.29, 1.82) is 0 Å². The third-order valence-corrected chi connectivity index (χ3v) is 4.75. The number of benzene rings is 2. The molecule has 0 saturated carbocycles. The Morgan fingerprint density at radius 3 is 2.32 bits per heavy atom. The van der Waals surface area contributed by atoms with Gasteiger partial charge in [0, 0.05) is 11.1 Å². The Labute approximate surface area is 181 Å². The fraction of sp³-hybridized carbons (Fsp3) is 0.238. The first-order valence-corrected chi connectivity index (χ1v) is 10.0. The summed E-state index contributed by atoms with van der Waals surface area (Å²) in [5, 5.41) is 14.0. The summed E-state index contributed by atoms with van der Waals surface area (Å²) in [5.41, 5.74) is 1.56. The van der Waals surface area contributed by atoms with Gasteiger partial charge in [0.05, 0.1) is 7.11 Å². The summed E-state index contributed by atoms with van der Waals surface area (Å²) in [4.78, 5) is 17.1. The molecule has 0 bridgehead atoms. The minimum Gasteiger partial charge on any atom is -0.500 e. The summed E-state index contributed by atoms with van der Waals surface area (Å²) in [7, 11) is 1.39. The van der Waals surface area contributed by atoms with Gasteiger partial charge in [0.25, 0.3) is 0 Å². The number of ether oxygens (including phenoxy) is 2. The van der Waals surface area contributed by atoms with E-state index >= 15 is 0 Å². The summed E-state index contributed by atoms with van der Waals surface area (Å²) in [6, 6.07) is 12.0. The van der Waals surface area contributed by atoms with Crippen LogP contribution in [0, 0.1) is 0 Å². The second-order valence-electron chi connectivity index (χ2n) is 6.04. The van der Waals surface area contributed by atoms with E-state index in [1.54, 1.807) is 37.4 Å². The predicted molar refractivity (Wildman–Crippen MR) is 112 cm³/mol. The van der Waals surface area contributed by atoms with Gasteiger partial charge in [0.2, 0.25) is 0 Å². The molecule has 2 aromatic rings. The van der Waals surface area contributed by atoms with Gasteiger partial charge in [0.15, 0.2) is 0 Å². The van der Waals surface area contributed by atoms with Crippen molar-refractivity contribution in [3.8, 4) is 5.75 Å². The van der Waals surface area contributed by atoms with Crippen LogP contribution in [-0.4, -0.2) is 35.8 Å². The van der Waals surface area contributed by atoms with Crippen molar-refractivity contribution in [3.63, 3.8) is 0 Å². The second-order valence-corrected chi connectivity index (χ2v) is 6.84. The van der Waals surface area contributed by atoms with Crippen LogP contribution < -0.4 is 4.74 Å². The number of aliphatic carboxylic acids is 1. The number of nitrogens with zero attached hydrogens (tertiary/aromatic N) is 1. The van der Waals surface area contributed by atoms with Gasteiger partial charge < -0.3 is 19.4 Å². The molecule has 0 aliphatic heterocycles. The molecule has 166 valence electrons. The van der Waals surface area contributed by atoms with E-state index in [1.165, 1.54) is 43.1 Å². The zero-order valence-electron chi connectivity index (χ0n) is 16.9. The second kappa shape index (κ2) is 10.8. The van der Waals surface area contributed by atoms with E-state index in [0.29, 0.717) is 21.7 Å². The summed E-state index contributed by atoms with van der Waals surface area (Å²) in [6.07, 6.45) is -3.03. The lowest BCUT2D eigenvalue weighted by molar-refractivity contribution is -0.274. The molecule has 31 heavy (non-hydrogen) atoms. The quantitative estimate of drug-likeness (QED) is 0.192. The van der Waals surface area contributed by atoms with Crippen molar-refractivity contribution in [2.45, 2.75) is 19.9 Å². The van der Waals surface area contributed by atoms with E-state index in [-0.39, 0.29) is 23.7 Å². The van der Waals surface area contributed by atoms with Gasteiger partial charge in [-0.1, -0.05) is 29.4 Å². The third-order valence-electron chi connectivity index (χ3n) is 4.05. The minimum atomic E-state index is -4.77. The Morgan fingerprint density at radius 1 is 1.13 bits per heavy atom. The van der Waals surface area contributed by atoms with Crippen molar-refractivity contribution in [2.75, 3.05) is 13.4 Å². The fourth-order valence-corrected chi connectivity index (χ4v) is 3.11. The van der Waals surface area contributed by atoms with Crippen molar-refractivity contribution < 1.29 is 37.4 Å². The number of allylic oxidation sites excluding steroid dienone is 1. The number of carboxylic acid groups (broad SMARTS) is 1. The highest BCUT2D eigenvalue weighted by Gasteiger charge is 2.31. The standard InChI is InChI=1S/C21H20F3NO5S/c1-13(28-2)18(20(26)27)17-7-5-4-6-15(17)12-29-25-19(31-3)14-8-10-16(11-9-14)30-21(22,23)24/h4-11H,12H2,1-3H3,(H,26,27)/b18-13+,25-19-. The molecule has 0 aromatic heterocycles. The molecule has 0 radical (unpaired) electrons. The number of rotatable bonds is 8. The van der Waals surface area contributed by atoms with E-state index in [0.717, 1.165) is 0 Å². The molecule has 0 saturated heterocycles. The lowest BCUT2D eigenvalue weighted by Gasteiger charge is -2.12. The topological polar surface area (TPSA) is 77.4 Å². The van der Waals surface area contributed by atoms with Gasteiger partial charge in [-0.25, -0.2) is 4.79 Å². The summed E-state index contributed by atoms with van der Waals surface area (Å²) in [5.74, 6) is -1.23. The average Bonchev–Trinajstić information content (AvgIpc) is 2.71. The van der Waals surface area contributed by atoms with Crippen LogP contribution in [0.3, 0.4) is 0 Å². The lowest BCUT2D eigenvalue weighted by atomic mass is 9.99. The Balaban J connectivity index is 2.20. The van der Waals surface area contributed by atoms with Gasteiger partial charge in [-0.15, -0.1) is 24.9 Å². The van der Waals surface area contributed by atoms with Crippen LogP contribution >= 0.6 is 11.8 Å². The molecular formula is C21H20F3NO5S. The molecule has 1 N–H and O–H groups in total. The molecule has 10 heteroatoms. The Hall–Kier alpha value is -3.14. The first-order valence-electron chi connectivity index (χ1n) is 8.82. The van der Waals surface area contributed by atoms with Crippen molar-refractivity contribution in [3.05, 3.63) is 71.0 Å². The predicted octanol–water partition coefficient (Wildman–Crippen LogP) is 5.29. The third kappa shape index (κ3) is 6.95. The monoisotopic (exact) mass is 455 g/mol.